The van der Waals surface area contributed by atoms with Gasteiger partial charge in [-0.3, -0.25) is 4.79 Å². The van der Waals surface area contributed by atoms with E-state index in [9.17, 15) is 35.4 Å². The summed E-state index contributed by atoms with van der Waals surface area (Å²) in [4.78, 5) is 13.2. The molecule has 0 aromatic heterocycles. The first-order chi connectivity index (χ1) is 22.2. The predicted octanol–water partition coefficient (Wildman–Crippen LogP) is 2.36. The topological polar surface area (TPSA) is 187 Å². The molecule has 266 valence electrons. The number of amides is 1. The van der Waals surface area contributed by atoms with Crippen molar-refractivity contribution in [3.8, 4) is 11.5 Å². The standard InChI is InChI=1S/C34H59NO11/c1-4-5-6-7-8-9-10-11-12-13-14-15-16-26(37)30(39)25(22-45-34-33(42)32(41)31(40)28(21-36)46-34)35-29(38)20-23-19-24(43-2)17-18-27(23)44-3/h17-19,25-26,28,30-34,36-37,39-42H,4-16,20-22H2,1-3H3,(H,35,38)/t25-,26+,28+,30-,31-,32-,33+,34-/m0/s1. The van der Waals surface area contributed by atoms with Crippen molar-refractivity contribution >= 4 is 5.91 Å². The number of nitrogens with one attached hydrogen (secondary N) is 1. The fraction of sp³-hybridized carbons (Fsp3) is 0.794. The highest BCUT2D eigenvalue weighted by Gasteiger charge is 2.44. The Kier molecular flexibility index (Phi) is 19.7. The number of hydrogen-bond donors (Lipinski definition) is 7. The minimum atomic E-state index is -1.65. The van der Waals surface area contributed by atoms with Crippen LogP contribution in [0.15, 0.2) is 18.2 Å². The molecule has 1 amide bonds. The van der Waals surface area contributed by atoms with E-state index in [0.717, 1.165) is 19.3 Å². The van der Waals surface area contributed by atoms with Crippen LogP contribution in [0.1, 0.15) is 96.0 Å². The lowest BCUT2D eigenvalue weighted by Crippen LogP contribution is -2.60. The van der Waals surface area contributed by atoms with Crippen molar-refractivity contribution in [1.82, 2.24) is 5.32 Å². The van der Waals surface area contributed by atoms with E-state index in [4.69, 9.17) is 18.9 Å². The van der Waals surface area contributed by atoms with Gasteiger partial charge in [-0.15, -0.1) is 0 Å². The number of rotatable bonds is 24. The summed E-state index contributed by atoms with van der Waals surface area (Å²) in [5.74, 6) is 0.507. The zero-order valence-electron chi connectivity index (χ0n) is 27.9. The van der Waals surface area contributed by atoms with Gasteiger partial charge < -0.3 is 54.9 Å². The Bertz CT molecular complexity index is 965. The van der Waals surface area contributed by atoms with Gasteiger partial charge in [0.25, 0.3) is 0 Å². The summed E-state index contributed by atoms with van der Waals surface area (Å²) in [6.07, 6.45) is 4.11. The molecule has 0 bridgehead atoms. The van der Waals surface area contributed by atoms with E-state index >= 15 is 0 Å². The van der Waals surface area contributed by atoms with Gasteiger partial charge in [-0.1, -0.05) is 84.0 Å². The van der Waals surface area contributed by atoms with Gasteiger partial charge in [0.1, 0.15) is 42.0 Å². The molecule has 8 atom stereocenters. The molecule has 0 unspecified atom stereocenters. The molecule has 1 fully saturated rings. The first kappa shape index (κ1) is 40.1. The summed E-state index contributed by atoms with van der Waals surface area (Å²) >= 11 is 0. The molecule has 1 aromatic rings. The summed E-state index contributed by atoms with van der Waals surface area (Å²) in [6, 6.07) is 3.92. The normalized spacial score (nSPS) is 23.5. The molecule has 1 saturated heterocycles. The summed E-state index contributed by atoms with van der Waals surface area (Å²) < 4.78 is 21.7. The average Bonchev–Trinajstić information content (AvgIpc) is 3.06. The Balaban J connectivity index is 1.94. The molecule has 0 aliphatic carbocycles. The number of hydrogen-bond acceptors (Lipinski definition) is 11. The van der Waals surface area contributed by atoms with Gasteiger partial charge in [0.2, 0.25) is 5.91 Å². The Morgan fingerprint density at radius 3 is 2.04 bits per heavy atom. The summed E-state index contributed by atoms with van der Waals surface area (Å²) in [5, 5.41) is 64.7. The minimum Gasteiger partial charge on any atom is -0.497 e. The van der Waals surface area contributed by atoms with E-state index in [2.05, 4.69) is 12.2 Å². The summed E-state index contributed by atoms with van der Waals surface area (Å²) in [5.41, 5.74) is 0.541. The van der Waals surface area contributed by atoms with Gasteiger partial charge in [0.05, 0.1) is 46.0 Å². The highest BCUT2D eigenvalue weighted by atomic mass is 16.7. The van der Waals surface area contributed by atoms with Crippen LogP contribution in [0, 0.1) is 0 Å². The third-order valence-electron chi connectivity index (χ3n) is 8.63. The Morgan fingerprint density at radius 1 is 0.870 bits per heavy atom. The van der Waals surface area contributed by atoms with Crippen LogP contribution in [0.3, 0.4) is 0 Å². The van der Waals surface area contributed by atoms with Crippen molar-refractivity contribution in [2.75, 3.05) is 27.4 Å². The minimum absolute atomic E-state index is 0.127. The second-order valence-electron chi connectivity index (χ2n) is 12.3. The van der Waals surface area contributed by atoms with Crippen LogP contribution in [0.25, 0.3) is 0 Å². The van der Waals surface area contributed by atoms with E-state index in [-0.39, 0.29) is 6.42 Å². The van der Waals surface area contributed by atoms with Crippen molar-refractivity contribution in [2.45, 2.75) is 146 Å². The molecule has 12 heteroatoms. The lowest BCUT2D eigenvalue weighted by molar-refractivity contribution is -0.303. The van der Waals surface area contributed by atoms with Gasteiger partial charge in [-0.25, -0.2) is 0 Å². The van der Waals surface area contributed by atoms with Gasteiger partial charge in [-0.05, 0) is 24.6 Å². The SMILES string of the molecule is CCCCCCCCCCCCCC[C@@H](O)[C@@H](O)[C@H](CO[C@H]1O[C@H](CO)[C@H](O)[C@H](O)[C@H]1O)NC(=O)Cc1cc(OC)ccc1OC. The molecule has 46 heavy (non-hydrogen) atoms. The van der Waals surface area contributed by atoms with E-state index < -0.39 is 68.1 Å². The smallest absolute Gasteiger partial charge is 0.224 e. The monoisotopic (exact) mass is 657 g/mol. The number of ether oxygens (including phenoxy) is 4. The number of methoxy groups -OCH3 is 2. The third kappa shape index (κ3) is 13.6. The maximum Gasteiger partial charge on any atom is 0.224 e. The predicted molar refractivity (Wildman–Crippen MR) is 173 cm³/mol. The molecule has 12 nitrogen and oxygen atoms in total. The molecule has 2 rings (SSSR count). The fourth-order valence-corrected chi connectivity index (χ4v) is 5.71. The molecule has 7 N–H and O–H groups in total. The van der Waals surface area contributed by atoms with Gasteiger partial charge in [0.15, 0.2) is 6.29 Å². The van der Waals surface area contributed by atoms with Crippen molar-refractivity contribution in [1.29, 1.82) is 0 Å². The van der Waals surface area contributed by atoms with E-state index in [1.54, 1.807) is 18.2 Å². The molecular weight excluding hydrogens is 598 g/mol. The first-order valence-corrected chi connectivity index (χ1v) is 16.9. The van der Waals surface area contributed by atoms with Crippen LogP contribution >= 0.6 is 0 Å². The van der Waals surface area contributed by atoms with E-state index in [1.165, 1.54) is 65.6 Å². The molecule has 0 spiro atoms. The summed E-state index contributed by atoms with van der Waals surface area (Å²) in [6.45, 7) is 1.19. The lowest BCUT2D eigenvalue weighted by atomic mass is 9.98. The number of benzene rings is 1. The Labute approximate surface area is 274 Å². The number of carbonyl (C=O) groups excluding carboxylic acids is 1. The third-order valence-corrected chi connectivity index (χ3v) is 8.63. The zero-order chi connectivity index (χ0) is 33.9. The Hall–Kier alpha value is -2.03. The molecular formula is C34H59NO11. The van der Waals surface area contributed by atoms with Crippen LogP contribution in [0.5, 0.6) is 11.5 Å². The van der Waals surface area contributed by atoms with E-state index in [0.29, 0.717) is 29.9 Å². The molecule has 0 saturated carbocycles. The van der Waals surface area contributed by atoms with Crippen molar-refractivity contribution < 1.29 is 54.4 Å². The fourth-order valence-electron chi connectivity index (χ4n) is 5.71. The highest BCUT2D eigenvalue weighted by Crippen LogP contribution is 2.25. The van der Waals surface area contributed by atoms with Crippen LogP contribution in [-0.4, -0.2) is 113 Å². The second-order valence-corrected chi connectivity index (χ2v) is 12.3. The highest BCUT2D eigenvalue weighted by molar-refractivity contribution is 5.80. The molecule has 1 aliphatic heterocycles. The van der Waals surface area contributed by atoms with Crippen molar-refractivity contribution in [3.05, 3.63) is 23.8 Å². The van der Waals surface area contributed by atoms with Crippen LogP contribution < -0.4 is 14.8 Å². The Morgan fingerprint density at radius 2 is 1.48 bits per heavy atom. The second kappa shape index (κ2) is 22.5. The number of unbranched alkanes of at least 4 members (excludes halogenated alkanes) is 11. The molecule has 1 aromatic carbocycles. The summed E-state index contributed by atoms with van der Waals surface area (Å²) in [7, 11) is 2.99. The zero-order valence-corrected chi connectivity index (χ0v) is 27.9. The van der Waals surface area contributed by atoms with E-state index in [1.807, 2.05) is 0 Å². The van der Waals surface area contributed by atoms with Crippen LogP contribution in [-0.2, 0) is 20.7 Å². The number of aliphatic hydroxyl groups is 6. The van der Waals surface area contributed by atoms with Crippen LogP contribution in [0.4, 0.5) is 0 Å². The van der Waals surface area contributed by atoms with Gasteiger partial charge in [-0.2, -0.15) is 0 Å². The first-order valence-electron chi connectivity index (χ1n) is 16.9. The number of aliphatic hydroxyl groups excluding tert-OH is 6. The van der Waals surface area contributed by atoms with Crippen molar-refractivity contribution in [3.63, 3.8) is 0 Å². The van der Waals surface area contributed by atoms with Crippen molar-refractivity contribution in [2.24, 2.45) is 0 Å². The molecule has 1 heterocycles. The molecule has 1 aliphatic rings. The largest absolute Gasteiger partial charge is 0.497 e. The maximum absolute atomic E-state index is 13.2. The maximum atomic E-state index is 13.2. The van der Waals surface area contributed by atoms with Gasteiger partial charge >= 0.3 is 0 Å². The lowest BCUT2D eigenvalue weighted by Gasteiger charge is -2.40. The van der Waals surface area contributed by atoms with Gasteiger partial charge in [0, 0.05) is 5.56 Å². The quantitative estimate of drug-likeness (QED) is 0.0809. The van der Waals surface area contributed by atoms with Crippen LogP contribution in [0.2, 0.25) is 0 Å². The molecule has 0 radical (unpaired) electrons. The number of carbonyl (C=O) groups is 1. The average molecular weight is 658 g/mol.